The van der Waals surface area contributed by atoms with Crippen LogP contribution in [0.2, 0.25) is 0 Å². The van der Waals surface area contributed by atoms with Crippen molar-refractivity contribution in [1.29, 1.82) is 0 Å². The highest BCUT2D eigenvalue weighted by Gasteiger charge is 2.50. The highest BCUT2D eigenvalue weighted by molar-refractivity contribution is 9.10. The first kappa shape index (κ1) is 16.2. The van der Waals surface area contributed by atoms with Crippen LogP contribution in [0.1, 0.15) is 61.1 Å². The average molecular weight is 413 g/mol. The lowest BCUT2D eigenvalue weighted by molar-refractivity contribution is 0.619. The summed E-state index contributed by atoms with van der Waals surface area (Å²) in [4.78, 5) is 0. The Labute approximate surface area is 170 Å². The van der Waals surface area contributed by atoms with E-state index in [9.17, 15) is 0 Å². The molecule has 132 valence electrons. The van der Waals surface area contributed by atoms with E-state index in [2.05, 4.69) is 92.2 Å². The first-order valence-electron chi connectivity index (χ1n) is 9.90. The lowest BCUT2D eigenvalue weighted by atomic mass is 9.25. The summed E-state index contributed by atoms with van der Waals surface area (Å²) in [5.41, 5.74) is 13.9. The summed E-state index contributed by atoms with van der Waals surface area (Å²) in [6, 6.07) is 18.7. The van der Waals surface area contributed by atoms with E-state index in [4.69, 9.17) is 0 Å². The normalized spacial score (nSPS) is 18.9. The van der Waals surface area contributed by atoms with Crippen molar-refractivity contribution in [2.75, 3.05) is 0 Å². The van der Waals surface area contributed by atoms with Gasteiger partial charge in [0.1, 0.15) is 0 Å². The molecule has 3 aliphatic rings. The van der Waals surface area contributed by atoms with E-state index in [1.54, 1.807) is 16.4 Å². The lowest BCUT2D eigenvalue weighted by Crippen LogP contribution is -2.69. The van der Waals surface area contributed by atoms with Crippen LogP contribution in [-0.2, 0) is 17.3 Å². The first-order valence-corrected chi connectivity index (χ1v) is 10.7. The van der Waals surface area contributed by atoms with Gasteiger partial charge in [0, 0.05) is 15.3 Å². The second kappa shape index (κ2) is 4.78. The second-order valence-corrected chi connectivity index (χ2v) is 10.4. The van der Waals surface area contributed by atoms with Gasteiger partial charge in [0.2, 0.25) is 6.71 Å². The fourth-order valence-corrected chi connectivity index (χ4v) is 6.66. The van der Waals surface area contributed by atoms with Crippen molar-refractivity contribution in [3.05, 3.63) is 86.4 Å². The molecule has 0 saturated heterocycles. The Kier molecular flexibility index (Phi) is 2.87. The van der Waals surface area contributed by atoms with E-state index in [1.807, 2.05) is 0 Å². The molecule has 3 aromatic rings. The van der Waals surface area contributed by atoms with Gasteiger partial charge < -0.3 is 0 Å². The van der Waals surface area contributed by atoms with Crippen molar-refractivity contribution in [3.8, 4) is 0 Å². The van der Waals surface area contributed by atoms with Crippen LogP contribution in [-0.4, -0.2) is 6.71 Å². The zero-order valence-electron chi connectivity index (χ0n) is 16.3. The van der Waals surface area contributed by atoms with Crippen molar-refractivity contribution < 1.29 is 0 Å². The molecule has 2 heteroatoms. The Hall–Kier alpha value is -1.80. The molecule has 0 N–H and O–H groups in total. The van der Waals surface area contributed by atoms with Gasteiger partial charge >= 0.3 is 0 Å². The third kappa shape index (κ3) is 1.77. The van der Waals surface area contributed by atoms with Crippen LogP contribution in [0.15, 0.2) is 53.0 Å². The fraction of sp³-hybridized carbons (Fsp3) is 0.280. The van der Waals surface area contributed by atoms with Gasteiger partial charge in [-0.2, -0.15) is 0 Å². The van der Waals surface area contributed by atoms with E-state index in [-0.39, 0.29) is 10.8 Å². The van der Waals surface area contributed by atoms with Gasteiger partial charge in [0.15, 0.2) is 0 Å². The Morgan fingerprint density at radius 2 is 1.19 bits per heavy atom. The van der Waals surface area contributed by atoms with Gasteiger partial charge in [-0.25, -0.2) is 0 Å². The van der Waals surface area contributed by atoms with Crippen molar-refractivity contribution in [3.63, 3.8) is 0 Å². The van der Waals surface area contributed by atoms with Crippen LogP contribution >= 0.6 is 15.9 Å². The molecule has 0 fully saturated rings. The number of halogens is 1. The molecule has 6 rings (SSSR count). The van der Waals surface area contributed by atoms with E-state index < -0.39 is 0 Å². The molecule has 0 saturated carbocycles. The summed E-state index contributed by atoms with van der Waals surface area (Å²) in [5.74, 6) is 0. The summed E-state index contributed by atoms with van der Waals surface area (Å²) in [7, 11) is 0. The van der Waals surface area contributed by atoms with Crippen LogP contribution in [0.3, 0.4) is 0 Å². The molecular formula is C25H22BBr. The molecule has 3 heterocycles. The highest BCUT2D eigenvalue weighted by Crippen LogP contribution is 2.43. The van der Waals surface area contributed by atoms with Crippen molar-refractivity contribution >= 4 is 39.0 Å². The van der Waals surface area contributed by atoms with E-state index >= 15 is 0 Å². The lowest BCUT2D eigenvalue weighted by Gasteiger charge is -2.49. The van der Waals surface area contributed by atoms with Crippen LogP contribution in [0.5, 0.6) is 0 Å². The predicted molar refractivity (Wildman–Crippen MR) is 119 cm³/mol. The topological polar surface area (TPSA) is 0 Å². The van der Waals surface area contributed by atoms with Crippen molar-refractivity contribution in [2.45, 2.75) is 44.9 Å². The fourth-order valence-electron chi connectivity index (χ4n) is 6.20. The maximum absolute atomic E-state index is 3.84. The standard InChI is InChI=1S/C25H22BBr/c1-24(2)17-9-5-7-14-11-15-8-6-10-18-22(15)26(21(14)17)23-19(24)12-16(27)13-20(23)25(18,3)4/h5-10,12-13H,11H2,1-4H3. The maximum Gasteiger partial charge on any atom is 0.243 e. The van der Waals surface area contributed by atoms with E-state index in [1.165, 1.54) is 37.9 Å². The number of hydrogen-bond donors (Lipinski definition) is 0. The molecule has 27 heavy (non-hydrogen) atoms. The Morgan fingerprint density at radius 1 is 0.704 bits per heavy atom. The minimum atomic E-state index is 0.0234. The second-order valence-electron chi connectivity index (χ2n) is 9.53. The Bertz CT molecular complexity index is 1080. The van der Waals surface area contributed by atoms with Crippen LogP contribution < -0.4 is 16.4 Å². The third-order valence-electron chi connectivity index (χ3n) is 7.48. The van der Waals surface area contributed by atoms with Crippen molar-refractivity contribution in [2.24, 2.45) is 0 Å². The first-order chi connectivity index (χ1) is 12.8. The van der Waals surface area contributed by atoms with Gasteiger partial charge in [0.05, 0.1) is 0 Å². The summed E-state index contributed by atoms with van der Waals surface area (Å²) in [6.07, 6.45) is 1.07. The van der Waals surface area contributed by atoms with Gasteiger partial charge in [-0.1, -0.05) is 96.4 Å². The monoisotopic (exact) mass is 412 g/mol. The predicted octanol–water partition coefficient (Wildman–Crippen LogP) is 4.15. The van der Waals surface area contributed by atoms with Gasteiger partial charge in [-0.05, 0) is 51.9 Å². The average Bonchev–Trinajstić information content (AvgIpc) is 2.63. The summed E-state index contributed by atoms with van der Waals surface area (Å²) in [5, 5.41) is 0. The van der Waals surface area contributed by atoms with Crippen LogP contribution in [0.25, 0.3) is 0 Å². The molecule has 0 unspecified atom stereocenters. The van der Waals surface area contributed by atoms with E-state index in [0.29, 0.717) is 6.71 Å². The van der Waals surface area contributed by atoms with Crippen LogP contribution in [0, 0.1) is 0 Å². The number of rotatable bonds is 0. The minimum absolute atomic E-state index is 0.0234. The summed E-state index contributed by atoms with van der Waals surface area (Å²) >= 11 is 3.84. The van der Waals surface area contributed by atoms with Crippen LogP contribution in [0.4, 0.5) is 0 Å². The van der Waals surface area contributed by atoms with E-state index in [0.717, 1.165) is 6.42 Å². The molecule has 0 amide bonds. The zero-order valence-corrected chi connectivity index (χ0v) is 17.9. The molecule has 3 aliphatic heterocycles. The quantitative estimate of drug-likeness (QED) is 0.380. The molecule has 0 spiro atoms. The molecule has 3 aromatic carbocycles. The molecule has 0 radical (unpaired) electrons. The molecule has 0 nitrogen and oxygen atoms in total. The Balaban J connectivity index is 1.87. The SMILES string of the molecule is CC1(C)c2cccc3c2B2c4c(cccc4C(C)(C)c4cc(Br)cc1c42)C3. The van der Waals surface area contributed by atoms with Gasteiger partial charge in [-0.15, -0.1) is 0 Å². The zero-order chi connectivity index (χ0) is 18.7. The Morgan fingerprint density at radius 3 is 1.67 bits per heavy atom. The number of hydrogen-bond acceptors (Lipinski definition) is 0. The smallest absolute Gasteiger partial charge is 0.0617 e. The molecular weight excluding hydrogens is 391 g/mol. The maximum atomic E-state index is 3.84. The summed E-state index contributed by atoms with van der Waals surface area (Å²) < 4.78 is 1.20. The summed E-state index contributed by atoms with van der Waals surface area (Å²) in [6.45, 7) is 10.0. The largest absolute Gasteiger partial charge is 0.243 e. The molecule has 0 atom stereocenters. The highest BCUT2D eigenvalue weighted by atomic mass is 79.9. The third-order valence-corrected chi connectivity index (χ3v) is 7.94. The minimum Gasteiger partial charge on any atom is -0.0617 e. The van der Waals surface area contributed by atoms with Gasteiger partial charge in [0.25, 0.3) is 0 Å². The van der Waals surface area contributed by atoms with Crippen molar-refractivity contribution in [1.82, 2.24) is 0 Å². The number of benzene rings is 3. The van der Waals surface area contributed by atoms with Gasteiger partial charge in [-0.3, -0.25) is 0 Å². The molecule has 0 aliphatic carbocycles. The molecule has 0 bridgehead atoms. The molecule has 0 aromatic heterocycles.